The van der Waals surface area contributed by atoms with Crippen molar-refractivity contribution in [2.45, 2.75) is 27.7 Å². The lowest BCUT2D eigenvalue weighted by Gasteiger charge is -2.35. The third-order valence-corrected chi connectivity index (χ3v) is 7.82. The summed E-state index contributed by atoms with van der Waals surface area (Å²) in [4.78, 5) is 126. The second-order valence-corrected chi connectivity index (χ2v) is 12.5. The average molecular weight is 807 g/mol. The quantitative estimate of drug-likeness (QED) is 0.103. The van der Waals surface area contributed by atoms with E-state index in [4.69, 9.17) is 28.4 Å². The predicted molar refractivity (Wildman–Crippen MR) is 195 cm³/mol. The maximum atomic E-state index is 12.8. The van der Waals surface area contributed by atoms with Gasteiger partial charge >= 0.3 is 35.8 Å². The molecule has 4 rings (SSSR count). The summed E-state index contributed by atoms with van der Waals surface area (Å²) in [7, 11) is 0. The second kappa shape index (κ2) is 20.2. The Hall–Kier alpha value is -7.06. The van der Waals surface area contributed by atoms with Crippen molar-refractivity contribution in [3.8, 4) is 23.0 Å². The van der Waals surface area contributed by atoms with Crippen LogP contribution in [0.4, 0.5) is 0 Å². The van der Waals surface area contributed by atoms with Gasteiger partial charge in [-0.3, -0.25) is 48.2 Å². The molecule has 2 fully saturated rings. The van der Waals surface area contributed by atoms with Gasteiger partial charge in [-0.2, -0.15) is 0 Å². The second-order valence-electron chi connectivity index (χ2n) is 12.5. The van der Waals surface area contributed by atoms with Crippen molar-refractivity contribution in [3.05, 3.63) is 59.7 Å². The van der Waals surface area contributed by atoms with Gasteiger partial charge in [-0.25, -0.2) is 19.4 Å². The van der Waals surface area contributed by atoms with E-state index < -0.39 is 72.9 Å². The number of benzene rings is 2. The third-order valence-electron chi connectivity index (χ3n) is 7.82. The Morgan fingerprint density at radius 2 is 0.810 bits per heavy atom. The van der Waals surface area contributed by atoms with Gasteiger partial charge < -0.3 is 28.4 Å². The minimum atomic E-state index is -0.888. The molecule has 0 spiro atoms. The van der Waals surface area contributed by atoms with Crippen LogP contribution in [0.3, 0.4) is 0 Å². The molecule has 0 aromatic heterocycles. The first-order valence-electron chi connectivity index (χ1n) is 17.3. The highest BCUT2D eigenvalue weighted by atomic mass is 16.6. The van der Waals surface area contributed by atoms with Crippen LogP contribution >= 0.6 is 0 Å². The molecule has 0 radical (unpaired) electrons. The molecule has 4 amide bonds. The predicted octanol–water partition coefficient (Wildman–Crippen LogP) is 0.457. The molecule has 306 valence electrons. The Kier molecular flexibility index (Phi) is 15.2. The number of hydrogen-bond donors (Lipinski definition) is 0. The summed E-state index contributed by atoms with van der Waals surface area (Å²) in [5.41, 5.74) is 0.757. The van der Waals surface area contributed by atoms with Gasteiger partial charge in [0, 0.05) is 52.9 Å². The minimum absolute atomic E-state index is 0.00540. The zero-order valence-electron chi connectivity index (χ0n) is 31.8. The Labute approximate surface area is 330 Å². The molecule has 2 aliphatic rings. The molecule has 58 heavy (non-hydrogen) atoms. The van der Waals surface area contributed by atoms with Gasteiger partial charge in [0.05, 0.1) is 26.2 Å². The molecule has 2 aromatic carbocycles. The topological polar surface area (TPSA) is 239 Å². The van der Waals surface area contributed by atoms with Crippen molar-refractivity contribution in [1.29, 1.82) is 0 Å². The summed E-state index contributed by atoms with van der Waals surface area (Å²) in [6, 6.07) is 8.40. The van der Waals surface area contributed by atoms with Gasteiger partial charge in [0.1, 0.15) is 0 Å². The summed E-state index contributed by atoms with van der Waals surface area (Å²) < 4.78 is 30.2. The number of amides is 4. The zero-order chi connectivity index (χ0) is 42.5. The molecule has 2 saturated heterocycles. The minimum Gasteiger partial charge on any atom is -0.441 e. The van der Waals surface area contributed by atoms with E-state index >= 15 is 0 Å². The van der Waals surface area contributed by atoms with Crippen LogP contribution in [0, 0.1) is 0 Å². The molecular weight excluding hydrogens is 768 g/mol. The molecule has 20 heteroatoms. The van der Waals surface area contributed by atoms with Crippen LogP contribution in [0.2, 0.25) is 0 Å². The van der Waals surface area contributed by atoms with Crippen LogP contribution in [0.5, 0.6) is 23.0 Å². The number of nitrogens with zero attached hydrogens (tertiary/aromatic N) is 4. The zero-order valence-corrected chi connectivity index (χ0v) is 31.8. The Balaban J connectivity index is 1.20. The molecule has 0 saturated carbocycles. The molecule has 0 bridgehead atoms. The van der Waals surface area contributed by atoms with Crippen LogP contribution in [-0.2, 0) is 57.4 Å². The molecule has 0 N–H and O–H groups in total. The highest BCUT2D eigenvalue weighted by Crippen LogP contribution is 2.30. The van der Waals surface area contributed by atoms with Crippen molar-refractivity contribution in [3.63, 3.8) is 0 Å². The van der Waals surface area contributed by atoms with Gasteiger partial charge in [0.15, 0.2) is 36.5 Å². The van der Waals surface area contributed by atoms with E-state index in [1.165, 1.54) is 72.2 Å². The van der Waals surface area contributed by atoms with E-state index in [9.17, 15) is 47.9 Å². The molecule has 0 aliphatic carbocycles. The largest absolute Gasteiger partial charge is 0.441 e. The summed E-state index contributed by atoms with van der Waals surface area (Å²) in [5, 5.41) is 0. The van der Waals surface area contributed by atoms with Crippen molar-refractivity contribution >= 4 is 71.6 Å². The normalized spacial score (nSPS) is 15.1. The summed E-state index contributed by atoms with van der Waals surface area (Å²) >= 11 is 0. The lowest BCUT2D eigenvalue weighted by Crippen LogP contribution is -2.58. The number of carbonyl (C=O) groups excluding carboxylic acids is 10. The molecule has 20 nitrogen and oxygen atoms in total. The fourth-order valence-corrected chi connectivity index (χ4v) is 5.27. The summed E-state index contributed by atoms with van der Waals surface area (Å²) in [5.74, 6) is -7.07. The van der Waals surface area contributed by atoms with E-state index in [2.05, 4.69) is 0 Å². The van der Waals surface area contributed by atoms with Crippen LogP contribution in [-0.4, -0.2) is 132 Å². The standard InChI is InChI=1S/C38H38N4O16/c1-23(43)55-29-9-5-27(15-31(29)57-25(3)45)7-11-37(51)53-21-41-33(47)17-39(18-34(41)48)13-14-40-19-35(49)42(36(50)20-40)22-54-38(52)12-8-28-6-10-30(56-24(2)44)32(16-28)58-26(4)46/h5-12,15-16H,13-14,17-22H2,1-4H3. The van der Waals surface area contributed by atoms with Gasteiger partial charge in [0.25, 0.3) is 0 Å². The lowest BCUT2D eigenvalue weighted by molar-refractivity contribution is -0.165. The molecule has 2 heterocycles. The fraction of sp³-hybridized carbons (Fsp3) is 0.316. The van der Waals surface area contributed by atoms with Crippen LogP contribution in [0.25, 0.3) is 12.2 Å². The Bertz CT molecular complexity index is 1890. The lowest BCUT2D eigenvalue weighted by atomic mass is 10.2. The van der Waals surface area contributed by atoms with E-state index in [-0.39, 0.29) is 62.3 Å². The van der Waals surface area contributed by atoms with E-state index in [1.807, 2.05) is 0 Å². The highest BCUT2D eigenvalue weighted by Gasteiger charge is 2.34. The number of carbonyl (C=O) groups is 10. The summed E-state index contributed by atoms with van der Waals surface area (Å²) in [6.45, 7) is 2.81. The van der Waals surface area contributed by atoms with Crippen molar-refractivity contribution in [2.24, 2.45) is 0 Å². The van der Waals surface area contributed by atoms with Crippen LogP contribution < -0.4 is 18.9 Å². The number of hydrogen-bond acceptors (Lipinski definition) is 18. The highest BCUT2D eigenvalue weighted by molar-refractivity contribution is 6.00. The summed E-state index contributed by atoms with van der Waals surface area (Å²) in [6.07, 6.45) is 4.68. The first kappa shape index (κ1) is 43.7. The van der Waals surface area contributed by atoms with E-state index in [1.54, 1.807) is 0 Å². The average Bonchev–Trinajstić information content (AvgIpc) is 3.12. The first-order chi connectivity index (χ1) is 27.5. The van der Waals surface area contributed by atoms with Crippen LogP contribution in [0.15, 0.2) is 48.6 Å². The maximum absolute atomic E-state index is 12.8. The first-order valence-corrected chi connectivity index (χ1v) is 17.3. The third kappa shape index (κ3) is 13.3. The van der Waals surface area contributed by atoms with Gasteiger partial charge in [0.2, 0.25) is 23.6 Å². The van der Waals surface area contributed by atoms with Gasteiger partial charge in [-0.05, 0) is 47.5 Å². The Morgan fingerprint density at radius 3 is 1.12 bits per heavy atom. The molecule has 2 aliphatic heterocycles. The molecule has 0 atom stereocenters. The van der Waals surface area contributed by atoms with E-state index in [0.29, 0.717) is 11.1 Å². The van der Waals surface area contributed by atoms with Crippen LogP contribution in [0.1, 0.15) is 38.8 Å². The SMILES string of the molecule is CC(=O)Oc1ccc(C=CC(=O)OCN2C(=O)CN(CCN3CC(=O)N(COC(=O)C=Cc4ccc(OC(C)=O)c(OC(C)=O)c4)C(=O)C3)CC2=O)cc1OC(C)=O. The van der Waals surface area contributed by atoms with Crippen molar-refractivity contribution in [1.82, 2.24) is 19.6 Å². The number of esters is 6. The van der Waals surface area contributed by atoms with Gasteiger partial charge in [-0.15, -0.1) is 0 Å². The molecule has 2 aromatic rings. The fourth-order valence-electron chi connectivity index (χ4n) is 5.27. The number of piperazine rings is 2. The number of ether oxygens (including phenoxy) is 6. The van der Waals surface area contributed by atoms with E-state index in [0.717, 1.165) is 35.8 Å². The number of imide groups is 2. The monoisotopic (exact) mass is 806 g/mol. The van der Waals surface area contributed by atoms with Crippen molar-refractivity contribution in [2.75, 3.05) is 52.7 Å². The van der Waals surface area contributed by atoms with Gasteiger partial charge in [-0.1, -0.05) is 12.1 Å². The maximum Gasteiger partial charge on any atom is 0.332 e. The van der Waals surface area contributed by atoms with Crippen molar-refractivity contribution < 1.29 is 76.4 Å². The smallest absolute Gasteiger partial charge is 0.332 e. The molecule has 0 unspecified atom stereocenters. The number of rotatable bonds is 15. The Morgan fingerprint density at radius 1 is 0.500 bits per heavy atom. The molecular formula is C38H38N4O16.